The van der Waals surface area contributed by atoms with E-state index in [1.165, 1.54) is 0 Å². The van der Waals surface area contributed by atoms with Gasteiger partial charge >= 0.3 is 0 Å². The number of hydrogen-bond donors (Lipinski definition) is 1. The second-order valence-corrected chi connectivity index (χ2v) is 8.11. The minimum atomic E-state index is -1.34. The van der Waals surface area contributed by atoms with Crippen LogP contribution in [-0.4, -0.2) is 27.5 Å². The molecule has 6 nitrogen and oxygen atoms in total. The zero-order chi connectivity index (χ0) is 18.8. The zero-order valence-electron chi connectivity index (χ0n) is 15.8. The lowest BCUT2D eigenvalue weighted by molar-refractivity contribution is -0.122. The number of Topliss-reactive ketones (excluding diaryl/α,β-unsaturated/α-hetero) is 1. The van der Waals surface area contributed by atoms with Crippen LogP contribution in [0.5, 0.6) is 0 Å². The molecule has 0 unspecified atom stereocenters. The first-order chi connectivity index (χ1) is 11.6. The van der Waals surface area contributed by atoms with Gasteiger partial charge in [0.05, 0.1) is 11.6 Å². The number of nitrogens with zero attached hydrogens (tertiary/aromatic N) is 3. The fraction of sp³-hybridized carbons (Fsp3) is 0.684. The molecule has 1 heterocycles. The van der Waals surface area contributed by atoms with E-state index < -0.39 is 17.6 Å². The minimum Gasteiger partial charge on any atom is -0.352 e. The Morgan fingerprint density at radius 3 is 2.36 bits per heavy atom. The number of aromatic nitrogens is 2. The van der Waals surface area contributed by atoms with E-state index in [1.54, 1.807) is 6.07 Å². The Morgan fingerprint density at radius 2 is 1.92 bits per heavy atom. The molecule has 0 aliphatic heterocycles. The van der Waals surface area contributed by atoms with Gasteiger partial charge in [-0.3, -0.25) is 14.3 Å². The molecule has 0 radical (unpaired) electrons. The molecule has 0 saturated heterocycles. The van der Waals surface area contributed by atoms with E-state index in [1.807, 2.05) is 45.4 Å². The molecule has 1 aliphatic rings. The van der Waals surface area contributed by atoms with Crippen LogP contribution in [0.3, 0.4) is 0 Å². The molecule has 2 rings (SSSR count). The van der Waals surface area contributed by atoms with Crippen molar-refractivity contribution in [3.05, 3.63) is 17.5 Å². The van der Waals surface area contributed by atoms with Gasteiger partial charge in [0, 0.05) is 11.7 Å². The fourth-order valence-electron chi connectivity index (χ4n) is 3.20. The predicted octanol–water partition coefficient (Wildman–Crippen LogP) is 3.14. The van der Waals surface area contributed by atoms with E-state index >= 15 is 0 Å². The van der Waals surface area contributed by atoms with Gasteiger partial charge in [0.25, 0.3) is 0 Å². The number of carbonyl (C=O) groups excluding carboxylic acids is 2. The Hall–Kier alpha value is -2.16. The maximum atomic E-state index is 12.7. The van der Waals surface area contributed by atoms with Gasteiger partial charge in [-0.15, -0.1) is 0 Å². The Bertz CT molecular complexity index is 685. The Morgan fingerprint density at radius 1 is 1.32 bits per heavy atom. The second kappa shape index (κ2) is 7.38. The lowest BCUT2D eigenvalue weighted by Crippen LogP contribution is -2.40. The molecule has 136 valence electrons. The quantitative estimate of drug-likeness (QED) is 0.656. The van der Waals surface area contributed by atoms with Crippen LogP contribution in [0.25, 0.3) is 0 Å². The smallest absolute Gasteiger partial charge is 0.245 e. The van der Waals surface area contributed by atoms with E-state index in [0.717, 1.165) is 31.4 Å². The number of rotatable bonds is 5. The van der Waals surface area contributed by atoms with Gasteiger partial charge in [-0.1, -0.05) is 26.7 Å². The molecule has 1 saturated carbocycles. The fourth-order valence-corrected chi connectivity index (χ4v) is 3.20. The SMILES string of the molecule is CC(C)c1cc(C(=O)[C@@H](C#N)C(=O)NC2CCCC2)nn1C(C)(C)C. The van der Waals surface area contributed by atoms with Crippen LogP contribution in [-0.2, 0) is 10.3 Å². The van der Waals surface area contributed by atoms with Crippen molar-refractivity contribution >= 4 is 11.7 Å². The Balaban J connectivity index is 2.25. The van der Waals surface area contributed by atoms with Gasteiger partial charge in [-0.25, -0.2) is 0 Å². The van der Waals surface area contributed by atoms with Crippen LogP contribution in [0.4, 0.5) is 0 Å². The number of nitrogens with one attached hydrogen (secondary N) is 1. The molecule has 1 aromatic rings. The summed E-state index contributed by atoms with van der Waals surface area (Å²) in [5.74, 6) is -2.19. The summed E-state index contributed by atoms with van der Waals surface area (Å²) < 4.78 is 1.81. The first-order valence-electron chi connectivity index (χ1n) is 8.99. The van der Waals surface area contributed by atoms with Crippen molar-refractivity contribution in [2.24, 2.45) is 5.92 Å². The molecule has 1 amide bonds. The van der Waals surface area contributed by atoms with Crippen molar-refractivity contribution in [2.75, 3.05) is 0 Å². The molecule has 0 bridgehead atoms. The van der Waals surface area contributed by atoms with E-state index in [0.29, 0.717) is 0 Å². The van der Waals surface area contributed by atoms with E-state index in [4.69, 9.17) is 0 Å². The number of amides is 1. The topological polar surface area (TPSA) is 87.8 Å². The third-order valence-electron chi connectivity index (χ3n) is 4.57. The molecule has 0 spiro atoms. The van der Waals surface area contributed by atoms with Crippen LogP contribution in [0.15, 0.2) is 6.07 Å². The van der Waals surface area contributed by atoms with Crippen LogP contribution in [0.2, 0.25) is 0 Å². The lowest BCUT2D eigenvalue weighted by atomic mass is 10.00. The first-order valence-corrected chi connectivity index (χ1v) is 8.99. The minimum absolute atomic E-state index is 0.0782. The maximum absolute atomic E-state index is 12.7. The van der Waals surface area contributed by atoms with Gasteiger partial charge in [0.15, 0.2) is 5.92 Å². The van der Waals surface area contributed by atoms with Crippen molar-refractivity contribution in [2.45, 2.75) is 77.8 Å². The summed E-state index contributed by atoms with van der Waals surface area (Å²) in [7, 11) is 0. The largest absolute Gasteiger partial charge is 0.352 e. The average molecular weight is 344 g/mol. The molecular weight excluding hydrogens is 316 g/mol. The lowest BCUT2D eigenvalue weighted by Gasteiger charge is -2.23. The van der Waals surface area contributed by atoms with Gasteiger partial charge in [0.2, 0.25) is 11.7 Å². The van der Waals surface area contributed by atoms with Crippen molar-refractivity contribution in [1.29, 1.82) is 5.26 Å². The van der Waals surface area contributed by atoms with Gasteiger partial charge in [0.1, 0.15) is 5.69 Å². The van der Waals surface area contributed by atoms with Gasteiger partial charge in [-0.2, -0.15) is 10.4 Å². The third-order valence-corrected chi connectivity index (χ3v) is 4.57. The van der Waals surface area contributed by atoms with E-state index in [-0.39, 0.29) is 23.2 Å². The summed E-state index contributed by atoms with van der Waals surface area (Å²) in [6.07, 6.45) is 3.97. The number of ketones is 1. The third kappa shape index (κ3) is 4.28. The predicted molar refractivity (Wildman–Crippen MR) is 95.1 cm³/mol. The van der Waals surface area contributed by atoms with Crippen LogP contribution in [0.1, 0.15) is 82.4 Å². The molecule has 1 atom stereocenters. The summed E-state index contributed by atoms with van der Waals surface area (Å²) >= 11 is 0. The van der Waals surface area contributed by atoms with Crippen LogP contribution < -0.4 is 5.32 Å². The second-order valence-electron chi connectivity index (χ2n) is 8.11. The Kier molecular flexibility index (Phi) is 5.66. The first kappa shape index (κ1) is 19.2. The normalized spacial score (nSPS) is 16.7. The maximum Gasteiger partial charge on any atom is 0.245 e. The summed E-state index contributed by atoms with van der Waals surface area (Å²) in [6, 6.07) is 3.65. The number of carbonyl (C=O) groups is 2. The van der Waals surface area contributed by atoms with E-state index in [9.17, 15) is 14.9 Å². The molecular formula is C19H28N4O2. The molecule has 6 heteroatoms. The van der Waals surface area contributed by atoms with E-state index in [2.05, 4.69) is 10.4 Å². The van der Waals surface area contributed by atoms with Crippen molar-refractivity contribution in [3.8, 4) is 6.07 Å². The summed E-state index contributed by atoms with van der Waals surface area (Å²) in [6.45, 7) is 10.1. The molecule has 1 N–H and O–H groups in total. The summed E-state index contributed by atoms with van der Waals surface area (Å²) in [5.41, 5.74) is 0.822. The monoisotopic (exact) mass is 344 g/mol. The highest BCUT2D eigenvalue weighted by Gasteiger charge is 2.33. The molecule has 0 aromatic carbocycles. The van der Waals surface area contributed by atoms with Crippen molar-refractivity contribution < 1.29 is 9.59 Å². The summed E-state index contributed by atoms with van der Waals surface area (Å²) in [5, 5.41) is 16.6. The number of hydrogen-bond acceptors (Lipinski definition) is 4. The Labute approximate surface area is 149 Å². The zero-order valence-corrected chi connectivity index (χ0v) is 15.8. The molecule has 1 aromatic heterocycles. The van der Waals surface area contributed by atoms with Gasteiger partial charge in [-0.05, 0) is 45.6 Å². The highest BCUT2D eigenvalue weighted by Crippen LogP contribution is 2.25. The van der Waals surface area contributed by atoms with Crippen LogP contribution >= 0.6 is 0 Å². The molecule has 25 heavy (non-hydrogen) atoms. The highest BCUT2D eigenvalue weighted by molar-refractivity contribution is 6.11. The highest BCUT2D eigenvalue weighted by atomic mass is 16.2. The van der Waals surface area contributed by atoms with Gasteiger partial charge < -0.3 is 5.32 Å². The number of nitriles is 1. The van der Waals surface area contributed by atoms with Crippen molar-refractivity contribution in [1.82, 2.24) is 15.1 Å². The molecule has 1 aliphatic carbocycles. The van der Waals surface area contributed by atoms with Crippen molar-refractivity contribution in [3.63, 3.8) is 0 Å². The average Bonchev–Trinajstić information content (AvgIpc) is 3.15. The van der Waals surface area contributed by atoms with Crippen LogP contribution in [0, 0.1) is 17.2 Å². The molecule has 1 fully saturated rings. The standard InChI is InChI=1S/C19H28N4O2/c1-12(2)16-10-15(22-23(16)19(3,4)5)17(24)14(11-20)18(25)21-13-8-6-7-9-13/h10,12-14H,6-9H2,1-5H3,(H,21,25)/t14-/m1/s1. The summed E-state index contributed by atoms with van der Waals surface area (Å²) in [4.78, 5) is 25.1.